The molecule has 0 saturated carbocycles. The van der Waals surface area contributed by atoms with Gasteiger partial charge in [0.15, 0.2) is 0 Å². The fraction of sp³-hybridized carbons (Fsp3) is 0.276. The third kappa shape index (κ3) is 5.16. The van der Waals surface area contributed by atoms with Crippen molar-refractivity contribution in [2.75, 3.05) is 31.5 Å². The number of fused-ring (bicyclic) bond motifs is 1. The van der Waals surface area contributed by atoms with Crippen LogP contribution in [0.25, 0.3) is 11.1 Å². The molecule has 3 aromatic rings. The van der Waals surface area contributed by atoms with E-state index in [0.717, 1.165) is 49.3 Å². The molecule has 3 amide bonds. The molecular weight excluding hydrogens is 454 g/mol. The molecule has 7 heteroatoms. The van der Waals surface area contributed by atoms with Gasteiger partial charge in [-0.1, -0.05) is 60.7 Å². The zero-order valence-corrected chi connectivity index (χ0v) is 20.1. The van der Waals surface area contributed by atoms with E-state index in [1.165, 1.54) is 4.90 Å². The first-order valence-electron chi connectivity index (χ1n) is 12.4. The summed E-state index contributed by atoms with van der Waals surface area (Å²) in [5, 5.41) is 2.90. The van der Waals surface area contributed by atoms with Crippen LogP contribution in [0.3, 0.4) is 0 Å². The van der Waals surface area contributed by atoms with Crippen molar-refractivity contribution in [1.82, 2.24) is 9.80 Å². The lowest BCUT2D eigenvalue weighted by Crippen LogP contribution is -2.40. The first kappa shape index (κ1) is 23.8. The van der Waals surface area contributed by atoms with Gasteiger partial charge in [-0.25, -0.2) is 4.79 Å². The van der Waals surface area contributed by atoms with Gasteiger partial charge in [0.1, 0.15) is 6.10 Å². The highest BCUT2D eigenvalue weighted by atomic mass is 16.6. The monoisotopic (exact) mass is 483 g/mol. The number of likely N-dealkylation sites (tertiary alicyclic amines) is 1. The van der Waals surface area contributed by atoms with Crippen LogP contribution in [-0.2, 0) is 4.74 Å². The number of nitrogens with one attached hydrogen (secondary N) is 1. The van der Waals surface area contributed by atoms with Crippen molar-refractivity contribution in [3.63, 3.8) is 0 Å². The molecule has 2 aliphatic heterocycles. The number of carbonyl (C=O) groups excluding carboxylic acids is 3. The van der Waals surface area contributed by atoms with Crippen LogP contribution >= 0.6 is 0 Å². The van der Waals surface area contributed by atoms with Crippen molar-refractivity contribution in [2.45, 2.75) is 25.4 Å². The number of carbonyl (C=O) groups is 3. The predicted molar refractivity (Wildman–Crippen MR) is 138 cm³/mol. The molecule has 1 fully saturated rings. The van der Waals surface area contributed by atoms with Crippen molar-refractivity contribution < 1.29 is 19.1 Å². The van der Waals surface area contributed by atoms with Gasteiger partial charge in [0.05, 0.1) is 16.8 Å². The molecule has 0 aliphatic carbocycles. The number of piperidine rings is 1. The van der Waals surface area contributed by atoms with Crippen molar-refractivity contribution in [1.29, 1.82) is 0 Å². The average Bonchev–Trinajstić information content (AvgIpc) is 3.15. The standard InChI is InChI=1S/C29H29N3O4/c33-27-24-12-4-5-13-25(24)28(34)32(27)18-8-17-31-19-15-22(16-20-31)36-29(35)30-26-14-7-6-11-23(26)21-9-2-1-3-10-21/h1-7,9-14,22H,8,15-20H2,(H,30,35). The first-order chi connectivity index (χ1) is 17.6. The molecule has 0 radical (unpaired) electrons. The maximum atomic E-state index is 12.6. The molecule has 184 valence electrons. The van der Waals surface area contributed by atoms with Crippen molar-refractivity contribution in [3.8, 4) is 11.1 Å². The number of anilines is 1. The first-order valence-corrected chi connectivity index (χ1v) is 12.4. The van der Waals surface area contributed by atoms with Crippen LogP contribution in [0.1, 0.15) is 40.0 Å². The fourth-order valence-electron chi connectivity index (χ4n) is 4.90. The molecule has 0 aromatic heterocycles. The molecular formula is C29H29N3O4. The van der Waals surface area contributed by atoms with Crippen LogP contribution in [0, 0.1) is 0 Å². The Balaban J connectivity index is 1.06. The van der Waals surface area contributed by atoms with Gasteiger partial charge in [-0.05, 0) is 49.6 Å². The highest BCUT2D eigenvalue weighted by Crippen LogP contribution is 2.28. The predicted octanol–water partition coefficient (Wildman–Crippen LogP) is 5.05. The number of hydrogen-bond donors (Lipinski definition) is 1. The lowest BCUT2D eigenvalue weighted by molar-refractivity contribution is 0.0561. The lowest BCUT2D eigenvalue weighted by Gasteiger charge is -2.31. The number of nitrogens with zero attached hydrogens (tertiary/aromatic N) is 2. The van der Waals surface area contributed by atoms with E-state index in [9.17, 15) is 14.4 Å². The Kier molecular flexibility index (Phi) is 7.09. The third-order valence-corrected chi connectivity index (χ3v) is 6.79. The Labute approximate surface area is 210 Å². The molecule has 3 aromatic carbocycles. The van der Waals surface area contributed by atoms with E-state index < -0.39 is 6.09 Å². The summed E-state index contributed by atoms with van der Waals surface area (Å²) >= 11 is 0. The van der Waals surface area contributed by atoms with E-state index in [2.05, 4.69) is 10.2 Å². The molecule has 36 heavy (non-hydrogen) atoms. The minimum absolute atomic E-state index is 0.138. The van der Waals surface area contributed by atoms with E-state index in [1.54, 1.807) is 24.3 Å². The normalized spacial score (nSPS) is 16.2. The molecule has 7 nitrogen and oxygen atoms in total. The van der Waals surface area contributed by atoms with Crippen LogP contribution in [-0.4, -0.2) is 60.0 Å². The number of para-hydroxylation sites is 1. The summed E-state index contributed by atoms with van der Waals surface area (Å²) in [7, 11) is 0. The van der Waals surface area contributed by atoms with Gasteiger partial charge in [0.2, 0.25) is 0 Å². The number of imide groups is 1. The highest BCUT2D eigenvalue weighted by molar-refractivity contribution is 6.21. The van der Waals surface area contributed by atoms with Gasteiger partial charge in [-0.15, -0.1) is 0 Å². The minimum atomic E-state index is -0.442. The largest absolute Gasteiger partial charge is 0.446 e. The lowest BCUT2D eigenvalue weighted by atomic mass is 10.0. The van der Waals surface area contributed by atoms with Gasteiger partial charge < -0.3 is 9.64 Å². The van der Waals surface area contributed by atoms with Crippen LogP contribution < -0.4 is 5.32 Å². The quantitative estimate of drug-likeness (QED) is 0.476. The van der Waals surface area contributed by atoms with Crippen molar-refractivity contribution >= 4 is 23.6 Å². The van der Waals surface area contributed by atoms with Crippen molar-refractivity contribution in [3.05, 3.63) is 90.0 Å². The van der Waals surface area contributed by atoms with Crippen LogP contribution in [0.2, 0.25) is 0 Å². The number of ether oxygens (including phenoxy) is 1. The van der Waals surface area contributed by atoms with Crippen molar-refractivity contribution in [2.24, 2.45) is 0 Å². The second-order valence-electron chi connectivity index (χ2n) is 9.14. The smallest absolute Gasteiger partial charge is 0.411 e. The van der Waals surface area contributed by atoms with Gasteiger partial charge in [0, 0.05) is 25.2 Å². The summed E-state index contributed by atoms with van der Waals surface area (Å²) in [5.74, 6) is -0.412. The SMILES string of the molecule is O=C(Nc1ccccc1-c1ccccc1)OC1CCN(CCCN2C(=O)c3ccccc3C2=O)CC1. The molecule has 0 bridgehead atoms. The number of hydrogen-bond acceptors (Lipinski definition) is 5. The second kappa shape index (κ2) is 10.7. The molecule has 5 rings (SSSR count). The number of rotatable bonds is 7. The zero-order valence-electron chi connectivity index (χ0n) is 20.1. The van der Waals surface area contributed by atoms with Crippen LogP contribution in [0.5, 0.6) is 0 Å². The Morgan fingerprint density at radius 1 is 0.778 bits per heavy atom. The topological polar surface area (TPSA) is 79.0 Å². The van der Waals surface area contributed by atoms with Gasteiger partial charge >= 0.3 is 6.09 Å². The molecule has 0 atom stereocenters. The maximum absolute atomic E-state index is 12.6. The van der Waals surface area contributed by atoms with Gasteiger partial charge in [-0.2, -0.15) is 0 Å². The average molecular weight is 484 g/mol. The van der Waals surface area contributed by atoms with E-state index in [1.807, 2.05) is 54.6 Å². The van der Waals surface area contributed by atoms with Gasteiger partial charge in [0.25, 0.3) is 11.8 Å². The molecule has 0 unspecified atom stereocenters. The maximum Gasteiger partial charge on any atom is 0.411 e. The van der Waals surface area contributed by atoms with Gasteiger partial charge in [-0.3, -0.25) is 19.8 Å². The molecule has 1 saturated heterocycles. The van der Waals surface area contributed by atoms with E-state index in [-0.39, 0.29) is 17.9 Å². The zero-order chi connectivity index (χ0) is 24.9. The third-order valence-electron chi connectivity index (χ3n) is 6.79. The number of benzene rings is 3. The summed E-state index contributed by atoms with van der Waals surface area (Å²) in [4.78, 5) is 41.3. The highest BCUT2D eigenvalue weighted by Gasteiger charge is 2.34. The second-order valence-corrected chi connectivity index (χ2v) is 9.14. The van der Waals surface area contributed by atoms with E-state index in [0.29, 0.717) is 24.1 Å². The summed E-state index contributed by atoms with van der Waals surface area (Å²) in [6.45, 7) is 2.81. The van der Waals surface area contributed by atoms with Crippen LogP contribution in [0.4, 0.5) is 10.5 Å². The van der Waals surface area contributed by atoms with Crippen LogP contribution in [0.15, 0.2) is 78.9 Å². The molecule has 2 heterocycles. The molecule has 2 aliphatic rings. The van der Waals surface area contributed by atoms with E-state index in [4.69, 9.17) is 4.74 Å². The Bertz CT molecular complexity index is 1220. The molecule has 1 N–H and O–H groups in total. The molecule has 0 spiro atoms. The van der Waals surface area contributed by atoms with E-state index >= 15 is 0 Å². The summed E-state index contributed by atoms with van der Waals surface area (Å²) in [6, 6.07) is 24.6. The Morgan fingerprint density at radius 2 is 1.36 bits per heavy atom. The Hall–Kier alpha value is -3.97. The summed E-state index contributed by atoms with van der Waals surface area (Å²) < 4.78 is 5.71. The summed E-state index contributed by atoms with van der Waals surface area (Å²) in [6.07, 6.45) is 1.64. The minimum Gasteiger partial charge on any atom is -0.446 e. The summed E-state index contributed by atoms with van der Waals surface area (Å²) in [5.41, 5.74) is 3.68. The number of amides is 3. The Morgan fingerprint density at radius 3 is 2.03 bits per heavy atom. The fourth-order valence-corrected chi connectivity index (χ4v) is 4.90.